The van der Waals surface area contributed by atoms with Crippen molar-refractivity contribution in [1.82, 2.24) is 4.98 Å². The molecule has 3 rings (SSSR count). The highest BCUT2D eigenvalue weighted by atomic mass is 35.5. The Kier molecular flexibility index (Phi) is 4.63. The molecule has 23 heavy (non-hydrogen) atoms. The van der Waals surface area contributed by atoms with E-state index in [4.69, 9.17) is 16.3 Å². The van der Waals surface area contributed by atoms with Crippen LogP contribution in [0.1, 0.15) is 16.7 Å². The van der Waals surface area contributed by atoms with Crippen molar-refractivity contribution < 1.29 is 4.74 Å². The SMILES string of the molecule is Cc1ccc(OCc2cncc(-c3ccc(Cl)cc3)c2)c(C)c1. The molecule has 0 spiro atoms. The van der Waals surface area contributed by atoms with Gasteiger partial charge in [-0.1, -0.05) is 41.4 Å². The fraction of sp³-hybridized carbons (Fsp3) is 0.150. The molecule has 0 unspecified atom stereocenters. The zero-order valence-corrected chi connectivity index (χ0v) is 14.0. The van der Waals surface area contributed by atoms with Crippen LogP contribution in [0.5, 0.6) is 5.75 Å². The summed E-state index contributed by atoms with van der Waals surface area (Å²) in [7, 11) is 0. The Balaban J connectivity index is 1.76. The van der Waals surface area contributed by atoms with Gasteiger partial charge in [-0.2, -0.15) is 0 Å². The highest BCUT2D eigenvalue weighted by molar-refractivity contribution is 6.30. The summed E-state index contributed by atoms with van der Waals surface area (Å²) in [5.41, 5.74) is 5.57. The Morgan fingerprint density at radius 1 is 0.913 bits per heavy atom. The Morgan fingerprint density at radius 2 is 1.70 bits per heavy atom. The van der Waals surface area contributed by atoms with Crippen molar-refractivity contribution in [3.05, 3.63) is 82.6 Å². The maximum absolute atomic E-state index is 5.94. The normalized spacial score (nSPS) is 10.6. The largest absolute Gasteiger partial charge is 0.489 e. The van der Waals surface area contributed by atoms with E-state index in [1.165, 1.54) is 5.56 Å². The van der Waals surface area contributed by atoms with Crippen LogP contribution in [0.25, 0.3) is 11.1 Å². The predicted octanol–water partition coefficient (Wildman–Crippen LogP) is 5.60. The van der Waals surface area contributed by atoms with Crippen LogP contribution in [0.4, 0.5) is 0 Å². The number of aryl methyl sites for hydroxylation is 2. The van der Waals surface area contributed by atoms with E-state index in [-0.39, 0.29) is 0 Å². The van der Waals surface area contributed by atoms with Crippen molar-refractivity contribution >= 4 is 11.6 Å². The van der Waals surface area contributed by atoms with E-state index in [2.05, 4.69) is 37.0 Å². The van der Waals surface area contributed by atoms with E-state index >= 15 is 0 Å². The Morgan fingerprint density at radius 3 is 2.43 bits per heavy atom. The van der Waals surface area contributed by atoms with Gasteiger partial charge in [0, 0.05) is 28.5 Å². The minimum Gasteiger partial charge on any atom is -0.489 e. The fourth-order valence-electron chi connectivity index (χ4n) is 2.49. The number of nitrogens with zero attached hydrogens (tertiary/aromatic N) is 1. The van der Waals surface area contributed by atoms with Gasteiger partial charge in [-0.3, -0.25) is 4.98 Å². The smallest absolute Gasteiger partial charge is 0.122 e. The van der Waals surface area contributed by atoms with Crippen molar-refractivity contribution in [1.29, 1.82) is 0 Å². The van der Waals surface area contributed by atoms with Crippen LogP contribution in [0, 0.1) is 13.8 Å². The molecule has 3 heteroatoms. The average molecular weight is 324 g/mol. The molecule has 3 aromatic rings. The zero-order chi connectivity index (χ0) is 16.2. The molecule has 0 fully saturated rings. The highest BCUT2D eigenvalue weighted by Gasteiger charge is 2.03. The number of hydrogen-bond donors (Lipinski definition) is 0. The van der Waals surface area contributed by atoms with Gasteiger partial charge in [0.2, 0.25) is 0 Å². The first-order valence-electron chi connectivity index (χ1n) is 7.52. The van der Waals surface area contributed by atoms with Crippen molar-refractivity contribution in [3.8, 4) is 16.9 Å². The standard InChI is InChI=1S/C20H18ClNO/c1-14-3-8-20(15(2)9-14)23-13-16-10-18(12-22-11-16)17-4-6-19(21)7-5-17/h3-12H,13H2,1-2H3. The third-order valence-corrected chi connectivity index (χ3v) is 3.95. The molecule has 1 heterocycles. The van der Waals surface area contributed by atoms with Gasteiger partial charge in [0.15, 0.2) is 0 Å². The number of hydrogen-bond acceptors (Lipinski definition) is 2. The molecule has 0 saturated heterocycles. The maximum Gasteiger partial charge on any atom is 0.122 e. The Hall–Kier alpha value is -2.32. The van der Waals surface area contributed by atoms with Crippen LogP contribution in [0.2, 0.25) is 5.02 Å². The van der Waals surface area contributed by atoms with Gasteiger partial charge in [0.05, 0.1) is 0 Å². The lowest BCUT2D eigenvalue weighted by molar-refractivity contribution is 0.303. The summed E-state index contributed by atoms with van der Waals surface area (Å²) in [6, 6.07) is 16.1. The van der Waals surface area contributed by atoms with Gasteiger partial charge in [-0.05, 0) is 49.2 Å². The molecule has 0 radical (unpaired) electrons. The second-order valence-corrected chi connectivity index (χ2v) is 6.08. The van der Waals surface area contributed by atoms with Gasteiger partial charge < -0.3 is 4.74 Å². The van der Waals surface area contributed by atoms with Crippen LogP contribution in [0.15, 0.2) is 60.9 Å². The number of aromatic nitrogens is 1. The molecule has 0 aliphatic carbocycles. The third kappa shape index (κ3) is 3.91. The first-order valence-corrected chi connectivity index (χ1v) is 7.89. The lowest BCUT2D eigenvalue weighted by Crippen LogP contribution is -1.98. The van der Waals surface area contributed by atoms with Crippen LogP contribution in [-0.2, 0) is 6.61 Å². The molecule has 0 amide bonds. The molecule has 0 bridgehead atoms. The summed E-state index contributed by atoms with van der Waals surface area (Å²) in [5, 5.41) is 0.732. The summed E-state index contributed by atoms with van der Waals surface area (Å²) in [6.07, 6.45) is 3.69. The van der Waals surface area contributed by atoms with E-state index in [0.29, 0.717) is 6.61 Å². The summed E-state index contributed by atoms with van der Waals surface area (Å²) in [5.74, 6) is 0.910. The van der Waals surface area contributed by atoms with E-state index in [0.717, 1.165) is 33.0 Å². The van der Waals surface area contributed by atoms with Crippen LogP contribution < -0.4 is 4.74 Å². The summed E-state index contributed by atoms with van der Waals surface area (Å²) >= 11 is 5.94. The number of ether oxygens (including phenoxy) is 1. The first-order chi connectivity index (χ1) is 11.1. The molecule has 0 aliphatic rings. The van der Waals surface area contributed by atoms with Gasteiger partial charge >= 0.3 is 0 Å². The molecule has 0 atom stereocenters. The predicted molar refractivity (Wildman–Crippen MR) is 94.9 cm³/mol. The van der Waals surface area contributed by atoms with Crippen molar-refractivity contribution in [3.63, 3.8) is 0 Å². The molecule has 116 valence electrons. The van der Waals surface area contributed by atoms with Crippen LogP contribution in [-0.4, -0.2) is 4.98 Å². The van der Waals surface area contributed by atoms with E-state index in [1.807, 2.05) is 42.7 Å². The number of pyridine rings is 1. The van der Waals surface area contributed by atoms with Crippen molar-refractivity contribution in [2.75, 3.05) is 0 Å². The lowest BCUT2D eigenvalue weighted by Gasteiger charge is -2.10. The second-order valence-electron chi connectivity index (χ2n) is 5.65. The number of rotatable bonds is 4. The fourth-order valence-corrected chi connectivity index (χ4v) is 2.62. The molecular formula is C20H18ClNO. The van der Waals surface area contributed by atoms with Gasteiger partial charge in [0.25, 0.3) is 0 Å². The minimum atomic E-state index is 0.498. The lowest BCUT2D eigenvalue weighted by atomic mass is 10.1. The molecule has 0 aliphatic heterocycles. The molecule has 0 saturated carbocycles. The number of halogens is 1. The topological polar surface area (TPSA) is 22.1 Å². The summed E-state index contributed by atoms with van der Waals surface area (Å²) in [6.45, 7) is 4.64. The van der Waals surface area contributed by atoms with Crippen molar-refractivity contribution in [2.45, 2.75) is 20.5 Å². The Bertz CT molecular complexity index is 812. The maximum atomic E-state index is 5.94. The number of benzene rings is 2. The third-order valence-electron chi connectivity index (χ3n) is 3.70. The van der Waals surface area contributed by atoms with Crippen LogP contribution in [0.3, 0.4) is 0 Å². The molecule has 0 N–H and O–H groups in total. The highest BCUT2D eigenvalue weighted by Crippen LogP contribution is 2.23. The first kappa shape index (κ1) is 15.6. The summed E-state index contributed by atoms with van der Waals surface area (Å²) < 4.78 is 5.93. The van der Waals surface area contributed by atoms with Crippen molar-refractivity contribution in [2.24, 2.45) is 0 Å². The average Bonchev–Trinajstić information content (AvgIpc) is 2.55. The van der Waals surface area contributed by atoms with Gasteiger partial charge in [-0.15, -0.1) is 0 Å². The Labute approximate surface area is 141 Å². The molecule has 2 nitrogen and oxygen atoms in total. The van der Waals surface area contributed by atoms with Crippen LogP contribution >= 0.6 is 11.6 Å². The van der Waals surface area contributed by atoms with Gasteiger partial charge in [0.1, 0.15) is 12.4 Å². The van der Waals surface area contributed by atoms with E-state index in [1.54, 1.807) is 0 Å². The minimum absolute atomic E-state index is 0.498. The van der Waals surface area contributed by atoms with E-state index < -0.39 is 0 Å². The van der Waals surface area contributed by atoms with E-state index in [9.17, 15) is 0 Å². The molecule has 1 aromatic heterocycles. The summed E-state index contributed by atoms with van der Waals surface area (Å²) in [4.78, 5) is 4.32. The monoisotopic (exact) mass is 323 g/mol. The van der Waals surface area contributed by atoms with Gasteiger partial charge in [-0.25, -0.2) is 0 Å². The zero-order valence-electron chi connectivity index (χ0n) is 13.2. The second kappa shape index (κ2) is 6.84. The molecule has 2 aromatic carbocycles. The molecular weight excluding hydrogens is 306 g/mol. The quantitative estimate of drug-likeness (QED) is 0.623.